The first kappa shape index (κ1) is 12.3. The maximum absolute atomic E-state index is 5.33. The van der Waals surface area contributed by atoms with Crippen LogP contribution >= 0.6 is 0 Å². The van der Waals surface area contributed by atoms with Gasteiger partial charge in [-0.3, -0.25) is 9.97 Å². The number of rotatable bonds is 3. The summed E-state index contributed by atoms with van der Waals surface area (Å²) in [6.07, 6.45) is 6.22. The summed E-state index contributed by atoms with van der Waals surface area (Å²) in [6, 6.07) is 7.23. The van der Waals surface area contributed by atoms with Crippen molar-refractivity contribution < 1.29 is 9.05 Å². The van der Waals surface area contributed by atoms with E-state index in [-0.39, 0.29) is 0 Å². The molecular formula is C14H8N6O2. The monoisotopic (exact) mass is 292 g/mol. The third kappa shape index (κ3) is 2.12. The Labute approximate surface area is 123 Å². The molecule has 0 saturated carbocycles. The van der Waals surface area contributed by atoms with Gasteiger partial charge in [-0.2, -0.15) is 9.97 Å². The SMILES string of the molecule is c1cncc(-c2noc(-c3cccnc3-c3ncon3)n2)c1. The van der Waals surface area contributed by atoms with Gasteiger partial charge in [-0.1, -0.05) is 10.3 Å². The minimum atomic E-state index is 0.326. The Hall–Kier alpha value is -3.42. The fourth-order valence-corrected chi connectivity index (χ4v) is 1.98. The van der Waals surface area contributed by atoms with E-state index in [0.717, 1.165) is 5.56 Å². The van der Waals surface area contributed by atoms with E-state index in [1.165, 1.54) is 6.39 Å². The normalized spacial score (nSPS) is 10.7. The summed E-state index contributed by atoms with van der Waals surface area (Å²) in [5.41, 5.74) is 1.91. The predicted octanol–water partition coefficient (Wildman–Crippen LogP) is 2.24. The first-order valence-corrected chi connectivity index (χ1v) is 6.38. The van der Waals surface area contributed by atoms with E-state index in [4.69, 9.17) is 9.05 Å². The van der Waals surface area contributed by atoms with Gasteiger partial charge in [-0.25, -0.2) is 0 Å². The van der Waals surface area contributed by atoms with Gasteiger partial charge in [0.2, 0.25) is 18.0 Å². The van der Waals surface area contributed by atoms with E-state index in [2.05, 4.69) is 30.2 Å². The summed E-state index contributed by atoms with van der Waals surface area (Å²) in [7, 11) is 0. The van der Waals surface area contributed by atoms with Crippen molar-refractivity contribution in [3.63, 3.8) is 0 Å². The molecule has 0 aliphatic carbocycles. The van der Waals surface area contributed by atoms with E-state index in [0.29, 0.717) is 28.8 Å². The maximum Gasteiger partial charge on any atom is 0.260 e. The number of hydrogen-bond acceptors (Lipinski definition) is 8. The molecule has 106 valence electrons. The lowest BCUT2D eigenvalue weighted by molar-refractivity contribution is 0.418. The second kappa shape index (κ2) is 5.17. The number of hydrogen-bond donors (Lipinski definition) is 0. The van der Waals surface area contributed by atoms with Gasteiger partial charge in [0.05, 0.1) is 5.56 Å². The third-order valence-corrected chi connectivity index (χ3v) is 2.96. The molecule has 0 aliphatic rings. The zero-order chi connectivity index (χ0) is 14.8. The molecule has 4 heterocycles. The van der Waals surface area contributed by atoms with Crippen molar-refractivity contribution in [1.82, 2.24) is 30.2 Å². The predicted molar refractivity (Wildman–Crippen MR) is 74.1 cm³/mol. The van der Waals surface area contributed by atoms with Gasteiger partial charge in [0.25, 0.3) is 5.89 Å². The Morgan fingerprint density at radius 2 is 1.86 bits per heavy atom. The van der Waals surface area contributed by atoms with Gasteiger partial charge < -0.3 is 9.05 Å². The molecule has 0 amide bonds. The lowest BCUT2D eigenvalue weighted by Gasteiger charge is -1.99. The molecule has 8 heteroatoms. The Bertz CT molecular complexity index is 889. The summed E-state index contributed by atoms with van der Waals surface area (Å²) in [5, 5.41) is 7.76. The van der Waals surface area contributed by atoms with Gasteiger partial charge in [-0.15, -0.1) is 0 Å². The van der Waals surface area contributed by atoms with Crippen LogP contribution in [0, 0.1) is 0 Å². The van der Waals surface area contributed by atoms with Crippen LogP contribution in [0.25, 0.3) is 34.4 Å². The van der Waals surface area contributed by atoms with Gasteiger partial charge in [0, 0.05) is 24.2 Å². The van der Waals surface area contributed by atoms with Gasteiger partial charge >= 0.3 is 0 Å². The van der Waals surface area contributed by atoms with Crippen LogP contribution < -0.4 is 0 Å². The van der Waals surface area contributed by atoms with Crippen LogP contribution in [-0.4, -0.2) is 30.2 Å². The second-order valence-electron chi connectivity index (χ2n) is 4.32. The molecule has 0 fully saturated rings. The van der Waals surface area contributed by atoms with E-state index in [1.54, 1.807) is 36.8 Å². The zero-order valence-corrected chi connectivity index (χ0v) is 11.1. The molecule has 22 heavy (non-hydrogen) atoms. The molecule has 0 radical (unpaired) electrons. The maximum atomic E-state index is 5.33. The van der Waals surface area contributed by atoms with E-state index < -0.39 is 0 Å². The minimum Gasteiger partial charge on any atom is -0.342 e. The van der Waals surface area contributed by atoms with Crippen LogP contribution in [0.2, 0.25) is 0 Å². The molecule has 0 N–H and O–H groups in total. The standard InChI is InChI=1S/C14H8N6O2/c1-3-9(7-15-5-1)12-18-14(22-20-12)10-4-2-6-16-11(10)13-17-8-21-19-13/h1-8H. The smallest absolute Gasteiger partial charge is 0.260 e. The largest absolute Gasteiger partial charge is 0.342 e. The van der Waals surface area contributed by atoms with E-state index >= 15 is 0 Å². The average molecular weight is 292 g/mol. The van der Waals surface area contributed by atoms with E-state index in [9.17, 15) is 0 Å². The Kier molecular flexibility index (Phi) is 2.90. The Balaban J connectivity index is 1.80. The molecular weight excluding hydrogens is 284 g/mol. The quantitative estimate of drug-likeness (QED) is 0.566. The van der Waals surface area contributed by atoms with Crippen molar-refractivity contribution in [1.29, 1.82) is 0 Å². The highest BCUT2D eigenvalue weighted by Crippen LogP contribution is 2.28. The minimum absolute atomic E-state index is 0.326. The highest BCUT2D eigenvalue weighted by Gasteiger charge is 2.18. The number of nitrogens with zero attached hydrogens (tertiary/aromatic N) is 6. The molecule has 4 aromatic rings. The zero-order valence-electron chi connectivity index (χ0n) is 11.1. The molecule has 0 saturated heterocycles. The van der Waals surface area contributed by atoms with Gasteiger partial charge in [0.15, 0.2) is 0 Å². The van der Waals surface area contributed by atoms with Crippen molar-refractivity contribution in [2.24, 2.45) is 0 Å². The fourth-order valence-electron chi connectivity index (χ4n) is 1.98. The lowest BCUT2D eigenvalue weighted by Crippen LogP contribution is -1.90. The molecule has 4 aromatic heterocycles. The molecule has 0 aliphatic heterocycles. The van der Waals surface area contributed by atoms with Crippen LogP contribution in [0.4, 0.5) is 0 Å². The first-order chi connectivity index (χ1) is 10.9. The van der Waals surface area contributed by atoms with Gasteiger partial charge in [-0.05, 0) is 24.3 Å². The fraction of sp³-hybridized carbons (Fsp3) is 0. The highest BCUT2D eigenvalue weighted by atomic mass is 16.5. The van der Waals surface area contributed by atoms with Crippen molar-refractivity contribution in [2.45, 2.75) is 0 Å². The van der Waals surface area contributed by atoms with Crippen molar-refractivity contribution in [3.05, 3.63) is 49.2 Å². The Morgan fingerprint density at radius 1 is 0.909 bits per heavy atom. The average Bonchev–Trinajstić information content (AvgIpc) is 3.28. The number of pyridine rings is 2. The number of aromatic nitrogens is 6. The van der Waals surface area contributed by atoms with Crippen LogP contribution in [0.5, 0.6) is 0 Å². The van der Waals surface area contributed by atoms with Crippen LogP contribution in [0.1, 0.15) is 0 Å². The molecule has 0 aromatic carbocycles. The van der Waals surface area contributed by atoms with Crippen LogP contribution in [0.3, 0.4) is 0 Å². The molecule has 4 rings (SSSR count). The van der Waals surface area contributed by atoms with Crippen molar-refractivity contribution in [3.8, 4) is 34.4 Å². The molecule has 0 spiro atoms. The van der Waals surface area contributed by atoms with Crippen molar-refractivity contribution >= 4 is 0 Å². The summed E-state index contributed by atoms with van der Waals surface area (Å²) >= 11 is 0. The topological polar surface area (TPSA) is 104 Å². The summed E-state index contributed by atoms with van der Waals surface area (Å²) in [5.74, 6) is 1.13. The highest BCUT2D eigenvalue weighted by molar-refractivity contribution is 5.73. The molecule has 0 bridgehead atoms. The second-order valence-corrected chi connectivity index (χ2v) is 4.32. The van der Waals surface area contributed by atoms with E-state index in [1.807, 2.05) is 6.07 Å². The van der Waals surface area contributed by atoms with Gasteiger partial charge in [0.1, 0.15) is 5.69 Å². The Morgan fingerprint density at radius 3 is 2.68 bits per heavy atom. The lowest BCUT2D eigenvalue weighted by atomic mass is 10.2. The molecule has 8 nitrogen and oxygen atoms in total. The molecule has 0 atom stereocenters. The summed E-state index contributed by atoms with van der Waals surface area (Å²) in [4.78, 5) is 16.7. The van der Waals surface area contributed by atoms with Crippen LogP contribution in [-0.2, 0) is 0 Å². The van der Waals surface area contributed by atoms with Crippen LogP contribution in [0.15, 0.2) is 58.3 Å². The summed E-state index contributed by atoms with van der Waals surface area (Å²) < 4.78 is 10.1. The molecule has 0 unspecified atom stereocenters. The van der Waals surface area contributed by atoms with Crippen molar-refractivity contribution in [2.75, 3.05) is 0 Å². The summed E-state index contributed by atoms with van der Waals surface area (Å²) in [6.45, 7) is 0. The first-order valence-electron chi connectivity index (χ1n) is 6.38. The third-order valence-electron chi connectivity index (χ3n) is 2.96.